The normalized spacial score (nSPS) is 15.0. The van der Waals surface area contributed by atoms with Gasteiger partial charge in [0.25, 0.3) is 5.91 Å². The van der Waals surface area contributed by atoms with Crippen LogP contribution in [0.3, 0.4) is 0 Å². The summed E-state index contributed by atoms with van der Waals surface area (Å²) in [6, 6.07) is 13.3. The van der Waals surface area contributed by atoms with Crippen molar-refractivity contribution in [1.82, 2.24) is 5.32 Å². The molecule has 0 aromatic heterocycles. The first-order valence-corrected chi connectivity index (χ1v) is 10.9. The summed E-state index contributed by atoms with van der Waals surface area (Å²) in [5, 5.41) is 5.23. The fourth-order valence-corrected chi connectivity index (χ4v) is 4.56. The molecule has 1 saturated heterocycles. The topological polar surface area (TPSA) is 105 Å². The molecule has 9 heteroatoms. The molecule has 2 aromatic carbocycles. The molecule has 1 heterocycles. The van der Waals surface area contributed by atoms with Gasteiger partial charge in [0.2, 0.25) is 15.9 Å². The number of sulfonamides is 1. The molecule has 0 aliphatic carbocycles. The van der Waals surface area contributed by atoms with Gasteiger partial charge >= 0.3 is 0 Å². The Labute approximate surface area is 169 Å². The highest BCUT2D eigenvalue weighted by atomic mass is 32.2. The lowest BCUT2D eigenvalue weighted by atomic mass is 10.2. The fraction of sp³-hybridized carbons (Fsp3) is 0.300. The molecule has 2 N–H and O–H groups in total. The molecular formula is C20H23N3O5S. The molecule has 29 heavy (non-hydrogen) atoms. The number of anilines is 2. The van der Waals surface area contributed by atoms with Crippen LogP contribution in [0.2, 0.25) is 0 Å². The molecule has 0 radical (unpaired) electrons. The maximum atomic E-state index is 12.4. The summed E-state index contributed by atoms with van der Waals surface area (Å²) < 4.78 is 30.8. The van der Waals surface area contributed by atoms with Crippen LogP contribution in [0, 0.1) is 0 Å². The van der Waals surface area contributed by atoms with Crippen LogP contribution in [0.15, 0.2) is 48.5 Å². The Morgan fingerprint density at radius 3 is 2.55 bits per heavy atom. The molecule has 0 bridgehead atoms. The maximum absolute atomic E-state index is 12.4. The molecule has 154 valence electrons. The molecule has 2 amide bonds. The van der Waals surface area contributed by atoms with E-state index in [1.807, 2.05) is 6.92 Å². The van der Waals surface area contributed by atoms with E-state index in [9.17, 15) is 18.0 Å². The van der Waals surface area contributed by atoms with Crippen LogP contribution in [0.5, 0.6) is 5.75 Å². The van der Waals surface area contributed by atoms with Crippen molar-refractivity contribution in [3.8, 4) is 5.75 Å². The van der Waals surface area contributed by atoms with Gasteiger partial charge in [0, 0.05) is 17.8 Å². The van der Waals surface area contributed by atoms with Gasteiger partial charge in [0.1, 0.15) is 5.75 Å². The van der Waals surface area contributed by atoms with Crippen molar-refractivity contribution in [1.29, 1.82) is 0 Å². The average Bonchev–Trinajstić information content (AvgIpc) is 3.07. The monoisotopic (exact) mass is 417 g/mol. The van der Waals surface area contributed by atoms with Crippen LogP contribution >= 0.6 is 0 Å². The Hall–Kier alpha value is -3.07. The van der Waals surface area contributed by atoms with Gasteiger partial charge in [0.05, 0.1) is 24.6 Å². The molecule has 0 atom stereocenters. The molecule has 0 spiro atoms. The predicted octanol–water partition coefficient (Wildman–Crippen LogP) is 1.99. The standard InChI is InChI=1S/C20H23N3O5S/c1-2-28-18-9-7-16(8-10-18)22-19(24)14-21-20(25)15-5-3-6-17(13-15)23-11-4-12-29(23,26)27/h3,5-10,13H,2,4,11-12,14H2,1H3,(H,21,25)(H,22,24). The van der Waals surface area contributed by atoms with Gasteiger partial charge in [-0.2, -0.15) is 0 Å². The van der Waals surface area contributed by atoms with Crippen molar-refractivity contribution in [2.45, 2.75) is 13.3 Å². The fourth-order valence-electron chi connectivity index (χ4n) is 3.00. The van der Waals surface area contributed by atoms with Crippen LogP contribution in [-0.2, 0) is 14.8 Å². The molecule has 2 aromatic rings. The summed E-state index contributed by atoms with van der Waals surface area (Å²) in [5.74, 6) is -0.0143. The molecule has 0 saturated carbocycles. The minimum Gasteiger partial charge on any atom is -0.494 e. The molecule has 1 aliphatic heterocycles. The number of ether oxygens (including phenoxy) is 1. The van der Waals surface area contributed by atoms with Crippen LogP contribution < -0.4 is 19.7 Å². The summed E-state index contributed by atoms with van der Waals surface area (Å²) in [4.78, 5) is 24.4. The third-order valence-corrected chi connectivity index (χ3v) is 6.22. The van der Waals surface area contributed by atoms with E-state index in [4.69, 9.17) is 4.74 Å². The number of amides is 2. The van der Waals surface area contributed by atoms with E-state index in [0.717, 1.165) is 0 Å². The lowest BCUT2D eigenvalue weighted by molar-refractivity contribution is -0.115. The molecular weight excluding hydrogens is 394 g/mol. The van der Waals surface area contributed by atoms with Gasteiger partial charge in [-0.05, 0) is 55.8 Å². The smallest absolute Gasteiger partial charge is 0.251 e. The summed E-state index contributed by atoms with van der Waals surface area (Å²) >= 11 is 0. The summed E-state index contributed by atoms with van der Waals surface area (Å²) in [7, 11) is -3.32. The number of nitrogens with one attached hydrogen (secondary N) is 2. The van der Waals surface area contributed by atoms with Crippen LogP contribution in [-0.4, -0.2) is 45.7 Å². The van der Waals surface area contributed by atoms with Crippen LogP contribution in [0.25, 0.3) is 0 Å². The van der Waals surface area contributed by atoms with Gasteiger partial charge in [-0.25, -0.2) is 8.42 Å². The Bertz CT molecular complexity index is 989. The third-order valence-electron chi connectivity index (χ3n) is 4.35. The molecule has 0 unspecified atom stereocenters. The first-order chi connectivity index (χ1) is 13.9. The Morgan fingerprint density at radius 2 is 1.90 bits per heavy atom. The minimum absolute atomic E-state index is 0.106. The lowest BCUT2D eigenvalue weighted by Crippen LogP contribution is -2.33. The zero-order valence-corrected chi connectivity index (χ0v) is 16.9. The Kier molecular flexibility index (Phi) is 6.38. The first-order valence-electron chi connectivity index (χ1n) is 9.30. The maximum Gasteiger partial charge on any atom is 0.251 e. The summed E-state index contributed by atoms with van der Waals surface area (Å²) in [6.07, 6.45) is 0.560. The highest BCUT2D eigenvalue weighted by molar-refractivity contribution is 7.93. The second-order valence-electron chi connectivity index (χ2n) is 6.48. The van der Waals surface area contributed by atoms with E-state index >= 15 is 0 Å². The van der Waals surface area contributed by atoms with Gasteiger partial charge in [0.15, 0.2) is 0 Å². The van der Waals surface area contributed by atoms with Crippen molar-refractivity contribution in [2.24, 2.45) is 0 Å². The lowest BCUT2D eigenvalue weighted by Gasteiger charge is -2.17. The zero-order valence-electron chi connectivity index (χ0n) is 16.1. The molecule has 8 nitrogen and oxygen atoms in total. The van der Waals surface area contributed by atoms with Gasteiger partial charge < -0.3 is 15.4 Å². The van der Waals surface area contributed by atoms with Gasteiger partial charge in [-0.3, -0.25) is 13.9 Å². The van der Waals surface area contributed by atoms with Crippen molar-refractivity contribution in [3.05, 3.63) is 54.1 Å². The zero-order chi connectivity index (χ0) is 20.9. The average molecular weight is 417 g/mol. The summed E-state index contributed by atoms with van der Waals surface area (Å²) in [5.41, 5.74) is 1.33. The van der Waals surface area contributed by atoms with E-state index in [2.05, 4.69) is 10.6 Å². The van der Waals surface area contributed by atoms with Crippen molar-refractivity contribution >= 4 is 33.2 Å². The van der Waals surface area contributed by atoms with Crippen LogP contribution in [0.1, 0.15) is 23.7 Å². The predicted molar refractivity (Wildman–Crippen MR) is 111 cm³/mol. The first kappa shape index (κ1) is 20.7. The number of rotatable bonds is 7. The van der Waals surface area contributed by atoms with Crippen molar-refractivity contribution in [3.63, 3.8) is 0 Å². The van der Waals surface area contributed by atoms with Gasteiger partial charge in [-0.15, -0.1) is 0 Å². The van der Waals surface area contributed by atoms with Gasteiger partial charge in [-0.1, -0.05) is 6.07 Å². The van der Waals surface area contributed by atoms with Crippen molar-refractivity contribution in [2.75, 3.05) is 35.1 Å². The second kappa shape index (κ2) is 8.95. The quantitative estimate of drug-likeness (QED) is 0.717. The van der Waals surface area contributed by atoms with E-state index in [1.165, 1.54) is 10.4 Å². The number of nitrogens with zero attached hydrogens (tertiary/aromatic N) is 1. The number of carbonyl (C=O) groups excluding carboxylic acids is 2. The highest BCUT2D eigenvalue weighted by Gasteiger charge is 2.28. The molecule has 1 fully saturated rings. The summed E-state index contributed by atoms with van der Waals surface area (Å²) in [6.45, 7) is 2.64. The SMILES string of the molecule is CCOc1ccc(NC(=O)CNC(=O)c2cccc(N3CCCS3(=O)=O)c2)cc1. The number of carbonyl (C=O) groups is 2. The molecule has 1 aliphatic rings. The third kappa shape index (κ3) is 5.26. The Morgan fingerprint density at radius 1 is 1.14 bits per heavy atom. The van der Waals surface area contributed by atoms with E-state index < -0.39 is 15.9 Å². The molecule has 3 rings (SSSR count). The highest BCUT2D eigenvalue weighted by Crippen LogP contribution is 2.24. The number of hydrogen-bond donors (Lipinski definition) is 2. The van der Waals surface area contributed by atoms with Crippen LogP contribution in [0.4, 0.5) is 11.4 Å². The van der Waals surface area contributed by atoms with E-state index in [-0.39, 0.29) is 18.2 Å². The van der Waals surface area contributed by atoms with Crippen molar-refractivity contribution < 1.29 is 22.7 Å². The number of benzene rings is 2. The number of hydrogen-bond acceptors (Lipinski definition) is 5. The van der Waals surface area contributed by atoms with E-state index in [1.54, 1.807) is 42.5 Å². The minimum atomic E-state index is -3.32. The largest absolute Gasteiger partial charge is 0.494 e. The Balaban J connectivity index is 1.56. The second-order valence-corrected chi connectivity index (χ2v) is 8.49. The van der Waals surface area contributed by atoms with E-state index in [0.29, 0.717) is 42.3 Å².